The number of hydrogen-bond acceptors (Lipinski definition) is 4. The molecule has 0 radical (unpaired) electrons. The molecule has 0 unspecified atom stereocenters. The summed E-state index contributed by atoms with van der Waals surface area (Å²) in [6, 6.07) is 16.9. The lowest BCUT2D eigenvalue weighted by molar-refractivity contribution is -0.157. The van der Waals surface area contributed by atoms with Gasteiger partial charge in [-0.1, -0.05) is 54.6 Å². The molecule has 2 atom stereocenters. The molecule has 1 heterocycles. The average molecular weight is 504 g/mol. The minimum Gasteiger partial charge on any atom is -0.460 e. The van der Waals surface area contributed by atoms with Gasteiger partial charge >= 0.3 is 5.97 Å². The van der Waals surface area contributed by atoms with Crippen LogP contribution in [0.3, 0.4) is 0 Å². The fourth-order valence-corrected chi connectivity index (χ4v) is 4.19. The number of esters is 1. The van der Waals surface area contributed by atoms with Crippen LogP contribution in [0.1, 0.15) is 44.7 Å². The average Bonchev–Trinajstić information content (AvgIpc) is 3.25. The molecule has 0 spiro atoms. The number of fused-ring (bicyclic) bond motifs is 1. The number of carbonyl (C=O) groups excluding carboxylic acids is 3. The lowest BCUT2D eigenvalue weighted by Gasteiger charge is -2.24. The Labute approximate surface area is 218 Å². The largest absolute Gasteiger partial charge is 0.460 e. The molecule has 3 rings (SSSR count). The summed E-state index contributed by atoms with van der Waals surface area (Å²) in [5, 5.41) is 6.86. The summed E-state index contributed by atoms with van der Waals surface area (Å²) in [5.41, 5.74) is 2.35. The van der Waals surface area contributed by atoms with Crippen molar-refractivity contribution in [3.63, 3.8) is 0 Å². The van der Waals surface area contributed by atoms with Gasteiger partial charge in [0, 0.05) is 30.1 Å². The molecule has 1 aromatic heterocycles. The lowest BCUT2D eigenvalue weighted by Crippen LogP contribution is -2.50. The molecule has 0 aliphatic carbocycles. The summed E-state index contributed by atoms with van der Waals surface area (Å²) in [7, 11) is 0. The summed E-state index contributed by atoms with van der Waals surface area (Å²) >= 11 is 0. The van der Waals surface area contributed by atoms with Gasteiger partial charge in [-0.2, -0.15) is 0 Å². The van der Waals surface area contributed by atoms with E-state index in [1.807, 2.05) is 60.8 Å². The second-order valence-electron chi connectivity index (χ2n) is 10.2. The highest BCUT2D eigenvalue weighted by molar-refractivity contribution is 5.91. The smallest absolute Gasteiger partial charge is 0.307 e. The first-order chi connectivity index (χ1) is 17.7. The van der Waals surface area contributed by atoms with E-state index in [1.54, 1.807) is 26.8 Å². The van der Waals surface area contributed by atoms with Crippen molar-refractivity contribution in [3.05, 3.63) is 84.6 Å². The normalized spacial score (nSPS) is 12.9. The van der Waals surface area contributed by atoms with Gasteiger partial charge in [-0.25, -0.2) is 0 Å². The maximum Gasteiger partial charge on any atom is 0.307 e. The first kappa shape index (κ1) is 27.7. The Kier molecular flexibility index (Phi) is 9.66. The third-order valence-electron chi connectivity index (χ3n) is 5.94. The fraction of sp³-hybridized carbons (Fsp3) is 0.367. The standard InChI is InChI=1S/C30H37N3O4/c1-5-11-22(19-27(34)37-30(2,3)4)28(35)33-26(18-23-20-32-25-15-10-9-14-24(23)25)29(36)31-17-16-21-12-7-6-8-13-21/h5-10,12-15,20,22,26,32H,1,11,16-19H2,2-4H3,(H,31,36)(H,33,35)/t22-,26+/m1/s1. The maximum absolute atomic E-state index is 13.3. The zero-order valence-corrected chi connectivity index (χ0v) is 21.9. The predicted molar refractivity (Wildman–Crippen MR) is 146 cm³/mol. The number of H-pyrrole nitrogens is 1. The van der Waals surface area contributed by atoms with Gasteiger partial charge in [0.2, 0.25) is 11.8 Å². The van der Waals surface area contributed by atoms with Gasteiger partial charge < -0.3 is 20.4 Å². The van der Waals surface area contributed by atoms with Crippen molar-refractivity contribution in [1.82, 2.24) is 15.6 Å². The zero-order chi connectivity index (χ0) is 26.8. The number of benzene rings is 2. The van der Waals surface area contributed by atoms with E-state index in [1.165, 1.54) is 0 Å². The molecule has 0 saturated carbocycles. The minimum atomic E-state index is -0.812. The minimum absolute atomic E-state index is 0.0927. The van der Waals surface area contributed by atoms with Crippen molar-refractivity contribution in [3.8, 4) is 0 Å². The van der Waals surface area contributed by atoms with Gasteiger partial charge in [0.25, 0.3) is 0 Å². The molecule has 0 saturated heterocycles. The summed E-state index contributed by atoms with van der Waals surface area (Å²) in [6.07, 6.45) is 4.65. The molecule has 37 heavy (non-hydrogen) atoms. The van der Waals surface area contributed by atoms with E-state index in [2.05, 4.69) is 22.2 Å². The number of ether oxygens (including phenoxy) is 1. The number of carbonyl (C=O) groups is 3. The molecule has 0 aliphatic rings. The highest BCUT2D eigenvalue weighted by Gasteiger charge is 2.29. The first-order valence-corrected chi connectivity index (χ1v) is 12.7. The van der Waals surface area contributed by atoms with E-state index in [0.717, 1.165) is 22.0 Å². The SMILES string of the molecule is C=CC[C@H](CC(=O)OC(C)(C)C)C(=O)N[C@@H](Cc1c[nH]c2ccccc12)C(=O)NCCc1ccccc1. The molecule has 3 N–H and O–H groups in total. The van der Waals surface area contributed by atoms with Crippen molar-refractivity contribution in [2.45, 2.75) is 58.1 Å². The third kappa shape index (κ3) is 8.63. The summed E-state index contributed by atoms with van der Waals surface area (Å²) in [4.78, 5) is 42.2. The summed E-state index contributed by atoms with van der Waals surface area (Å²) in [6.45, 7) is 9.52. The van der Waals surface area contributed by atoms with Gasteiger partial charge in [0.1, 0.15) is 11.6 Å². The van der Waals surface area contributed by atoms with Crippen LogP contribution in [-0.2, 0) is 32.0 Å². The Hall–Kier alpha value is -3.87. The second-order valence-corrected chi connectivity index (χ2v) is 10.2. The summed E-state index contributed by atoms with van der Waals surface area (Å²) in [5.74, 6) is -1.80. The second kappa shape index (κ2) is 12.9. The number of hydrogen-bond donors (Lipinski definition) is 3. The molecule has 7 heteroatoms. The fourth-order valence-electron chi connectivity index (χ4n) is 4.19. The Bertz CT molecular complexity index is 1210. The van der Waals surface area contributed by atoms with Gasteiger partial charge in [0.05, 0.1) is 12.3 Å². The van der Waals surface area contributed by atoms with E-state index in [-0.39, 0.29) is 18.2 Å². The van der Waals surface area contributed by atoms with Crippen molar-refractivity contribution in [2.75, 3.05) is 6.54 Å². The molecular weight excluding hydrogens is 466 g/mol. The van der Waals surface area contributed by atoms with E-state index in [9.17, 15) is 14.4 Å². The van der Waals surface area contributed by atoms with Gasteiger partial charge in [0.15, 0.2) is 0 Å². The van der Waals surface area contributed by atoms with Crippen molar-refractivity contribution in [1.29, 1.82) is 0 Å². The van der Waals surface area contributed by atoms with E-state index in [4.69, 9.17) is 4.74 Å². The van der Waals surface area contributed by atoms with Crippen LogP contribution < -0.4 is 10.6 Å². The van der Waals surface area contributed by atoms with E-state index >= 15 is 0 Å². The van der Waals surface area contributed by atoms with Crippen LogP contribution >= 0.6 is 0 Å². The Morgan fingerprint density at radius 2 is 1.73 bits per heavy atom. The predicted octanol–water partition coefficient (Wildman–Crippen LogP) is 4.48. The molecule has 3 aromatic rings. The van der Waals surface area contributed by atoms with Crippen LogP contribution in [0.5, 0.6) is 0 Å². The Morgan fingerprint density at radius 3 is 2.43 bits per heavy atom. The van der Waals surface area contributed by atoms with Crippen molar-refractivity contribution >= 4 is 28.7 Å². The van der Waals surface area contributed by atoms with Crippen LogP contribution in [-0.4, -0.2) is 41.0 Å². The summed E-state index contributed by atoms with van der Waals surface area (Å²) < 4.78 is 5.41. The number of amides is 2. The van der Waals surface area contributed by atoms with Crippen molar-refractivity contribution in [2.24, 2.45) is 5.92 Å². The molecule has 2 amide bonds. The van der Waals surface area contributed by atoms with Crippen LogP contribution in [0.4, 0.5) is 0 Å². The molecule has 0 bridgehead atoms. The maximum atomic E-state index is 13.3. The highest BCUT2D eigenvalue weighted by Crippen LogP contribution is 2.20. The highest BCUT2D eigenvalue weighted by atomic mass is 16.6. The molecule has 196 valence electrons. The number of aromatic nitrogens is 1. The Morgan fingerprint density at radius 1 is 1.03 bits per heavy atom. The van der Waals surface area contributed by atoms with Gasteiger partial charge in [-0.05, 0) is 50.8 Å². The number of aromatic amines is 1. The number of nitrogens with one attached hydrogen (secondary N) is 3. The third-order valence-corrected chi connectivity index (χ3v) is 5.94. The molecule has 2 aromatic carbocycles. The monoisotopic (exact) mass is 503 g/mol. The molecule has 0 aliphatic heterocycles. The molecular formula is C30H37N3O4. The van der Waals surface area contributed by atoms with Crippen LogP contribution in [0, 0.1) is 5.92 Å². The molecule has 7 nitrogen and oxygen atoms in total. The molecule has 0 fully saturated rings. The van der Waals surface area contributed by atoms with Crippen LogP contribution in [0.25, 0.3) is 10.9 Å². The van der Waals surface area contributed by atoms with Crippen LogP contribution in [0.2, 0.25) is 0 Å². The number of rotatable bonds is 12. The lowest BCUT2D eigenvalue weighted by atomic mass is 9.98. The topological polar surface area (TPSA) is 100 Å². The Balaban J connectivity index is 1.74. The van der Waals surface area contributed by atoms with Crippen LogP contribution in [0.15, 0.2) is 73.4 Å². The van der Waals surface area contributed by atoms with E-state index in [0.29, 0.717) is 25.8 Å². The van der Waals surface area contributed by atoms with E-state index < -0.39 is 23.5 Å². The first-order valence-electron chi connectivity index (χ1n) is 12.7. The number of allylic oxidation sites excluding steroid dienone is 1. The quantitative estimate of drug-likeness (QED) is 0.251. The number of para-hydroxylation sites is 1. The van der Waals surface area contributed by atoms with Gasteiger partial charge in [-0.3, -0.25) is 14.4 Å². The van der Waals surface area contributed by atoms with Gasteiger partial charge in [-0.15, -0.1) is 6.58 Å². The van der Waals surface area contributed by atoms with Crippen molar-refractivity contribution < 1.29 is 19.1 Å². The zero-order valence-electron chi connectivity index (χ0n) is 21.9.